The second-order valence-corrected chi connectivity index (χ2v) is 5.09. The van der Waals surface area contributed by atoms with Crippen molar-refractivity contribution in [2.24, 2.45) is 5.84 Å². The van der Waals surface area contributed by atoms with Gasteiger partial charge in [0.15, 0.2) is 5.01 Å². The molecule has 7 heteroatoms. The van der Waals surface area contributed by atoms with Gasteiger partial charge in [0.25, 0.3) is 5.91 Å². The maximum Gasteiger partial charge on any atom is 0.294 e. The van der Waals surface area contributed by atoms with Crippen LogP contribution in [0, 0.1) is 0 Å². The number of nitrogens with one attached hydrogen (secondary N) is 1. The van der Waals surface area contributed by atoms with E-state index in [0.717, 1.165) is 16.7 Å². The van der Waals surface area contributed by atoms with Gasteiger partial charge in [-0.1, -0.05) is 6.07 Å². The number of hydrazine groups is 1. The van der Waals surface area contributed by atoms with E-state index in [1.54, 1.807) is 11.6 Å². The molecule has 3 N–H and O–H groups in total. The van der Waals surface area contributed by atoms with Crippen LogP contribution < -0.4 is 16.0 Å². The molecule has 0 aliphatic heterocycles. The molecule has 1 aromatic carbocycles. The van der Waals surface area contributed by atoms with Gasteiger partial charge in [-0.15, -0.1) is 11.3 Å². The zero-order valence-corrected chi connectivity index (χ0v) is 11.8. The SMILES string of the molecule is NNC(=O)c1nc(COc2cccc3ncccc23)cs1. The van der Waals surface area contributed by atoms with Crippen molar-refractivity contribution in [1.82, 2.24) is 15.4 Å². The van der Waals surface area contributed by atoms with Crippen LogP contribution in [-0.4, -0.2) is 15.9 Å². The van der Waals surface area contributed by atoms with Gasteiger partial charge < -0.3 is 4.74 Å². The van der Waals surface area contributed by atoms with E-state index in [9.17, 15) is 4.79 Å². The highest BCUT2D eigenvalue weighted by atomic mass is 32.1. The highest BCUT2D eigenvalue weighted by molar-refractivity contribution is 7.11. The van der Waals surface area contributed by atoms with Gasteiger partial charge in [0.2, 0.25) is 0 Å². The summed E-state index contributed by atoms with van der Waals surface area (Å²) >= 11 is 1.23. The number of fused-ring (bicyclic) bond motifs is 1. The van der Waals surface area contributed by atoms with E-state index >= 15 is 0 Å². The summed E-state index contributed by atoms with van der Waals surface area (Å²) in [5.74, 6) is 5.40. The molecule has 6 nitrogen and oxygen atoms in total. The van der Waals surface area contributed by atoms with Crippen molar-refractivity contribution < 1.29 is 9.53 Å². The molecule has 106 valence electrons. The number of hydrogen-bond donors (Lipinski definition) is 2. The van der Waals surface area contributed by atoms with Crippen LogP contribution in [0.4, 0.5) is 0 Å². The van der Waals surface area contributed by atoms with E-state index in [1.165, 1.54) is 11.3 Å². The summed E-state index contributed by atoms with van der Waals surface area (Å²) in [5.41, 5.74) is 3.60. The molecule has 3 aromatic rings. The molecule has 0 aliphatic rings. The molecule has 0 saturated heterocycles. The van der Waals surface area contributed by atoms with E-state index < -0.39 is 5.91 Å². The molecule has 2 aromatic heterocycles. The third kappa shape index (κ3) is 2.83. The average molecular weight is 300 g/mol. The quantitative estimate of drug-likeness (QED) is 0.436. The first kappa shape index (κ1) is 13.5. The van der Waals surface area contributed by atoms with E-state index in [1.807, 2.05) is 30.3 Å². The van der Waals surface area contributed by atoms with Crippen molar-refractivity contribution in [1.29, 1.82) is 0 Å². The lowest BCUT2D eigenvalue weighted by atomic mass is 10.2. The van der Waals surface area contributed by atoms with Crippen LogP contribution >= 0.6 is 11.3 Å². The Hall–Kier alpha value is -2.51. The Kier molecular flexibility index (Phi) is 3.76. The predicted octanol–water partition coefficient (Wildman–Crippen LogP) is 1.87. The van der Waals surface area contributed by atoms with Crippen molar-refractivity contribution in [2.75, 3.05) is 0 Å². The van der Waals surface area contributed by atoms with Gasteiger partial charge in [-0.3, -0.25) is 15.2 Å². The van der Waals surface area contributed by atoms with Gasteiger partial charge in [0.05, 0.1) is 11.2 Å². The van der Waals surface area contributed by atoms with Crippen molar-refractivity contribution >= 4 is 28.1 Å². The topological polar surface area (TPSA) is 90.1 Å². The zero-order chi connectivity index (χ0) is 14.7. The predicted molar refractivity (Wildman–Crippen MR) is 79.8 cm³/mol. The molecule has 0 aliphatic carbocycles. The summed E-state index contributed by atoms with van der Waals surface area (Å²) in [6.45, 7) is 0.280. The Labute approximate surface area is 124 Å². The van der Waals surface area contributed by atoms with E-state index in [-0.39, 0.29) is 6.61 Å². The summed E-state index contributed by atoms with van der Waals surface area (Å²) in [6.07, 6.45) is 1.74. The zero-order valence-electron chi connectivity index (χ0n) is 10.9. The second kappa shape index (κ2) is 5.86. The molecule has 0 atom stereocenters. The summed E-state index contributed by atoms with van der Waals surface area (Å²) in [5, 5.41) is 3.03. The van der Waals surface area contributed by atoms with Gasteiger partial charge >= 0.3 is 0 Å². The molecule has 0 fully saturated rings. The lowest BCUT2D eigenvalue weighted by molar-refractivity contribution is 0.0953. The van der Waals surface area contributed by atoms with E-state index in [0.29, 0.717) is 10.7 Å². The Morgan fingerprint density at radius 2 is 2.24 bits per heavy atom. The lowest BCUT2D eigenvalue weighted by Crippen LogP contribution is -2.29. The number of nitrogens with zero attached hydrogens (tertiary/aromatic N) is 2. The Morgan fingerprint density at radius 3 is 3.10 bits per heavy atom. The number of pyridine rings is 1. The summed E-state index contributed by atoms with van der Waals surface area (Å²) in [4.78, 5) is 19.8. The smallest absolute Gasteiger partial charge is 0.294 e. The van der Waals surface area contributed by atoms with Crippen LogP contribution in [-0.2, 0) is 6.61 Å². The first-order chi connectivity index (χ1) is 10.3. The number of nitrogens with two attached hydrogens (primary N) is 1. The number of hydrogen-bond acceptors (Lipinski definition) is 6. The maximum absolute atomic E-state index is 11.3. The largest absolute Gasteiger partial charge is 0.487 e. The summed E-state index contributed by atoms with van der Waals surface area (Å²) in [7, 11) is 0. The standard InChI is InChI=1S/C14H12N4O2S/c15-18-13(19)14-17-9(8-21-14)7-20-12-5-1-4-11-10(12)3-2-6-16-11/h1-6,8H,7,15H2,(H,18,19). The molecule has 0 bridgehead atoms. The number of aromatic nitrogens is 2. The van der Waals surface area contributed by atoms with Gasteiger partial charge in [-0.05, 0) is 24.3 Å². The molecule has 1 amide bonds. The number of amides is 1. The maximum atomic E-state index is 11.3. The van der Waals surface area contributed by atoms with E-state index in [2.05, 4.69) is 15.4 Å². The first-order valence-corrected chi connectivity index (χ1v) is 7.08. The number of benzene rings is 1. The van der Waals surface area contributed by atoms with Gasteiger partial charge in [-0.2, -0.15) is 0 Å². The van der Waals surface area contributed by atoms with Crippen molar-refractivity contribution in [2.45, 2.75) is 6.61 Å². The van der Waals surface area contributed by atoms with Crippen LogP contribution in [0.1, 0.15) is 15.5 Å². The third-order valence-electron chi connectivity index (χ3n) is 2.86. The molecular weight excluding hydrogens is 288 g/mol. The fourth-order valence-electron chi connectivity index (χ4n) is 1.89. The third-order valence-corrected chi connectivity index (χ3v) is 3.75. The minimum Gasteiger partial charge on any atom is -0.487 e. The average Bonchev–Trinajstić information content (AvgIpc) is 3.01. The minimum atomic E-state index is -0.402. The molecule has 0 radical (unpaired) electrons. The number of rotatable bonds is 4. The molecule has 3 rings (SSSR count). The number of ether oxygens (including phenoxy) is 1. The molecule has 21 heavy (non-hydrogen) atoms. The second-order valence-electron chi connectivity index (χ2n) is 4.23. The minimum absolute atomic E-state index is 0.280. The molecule has 2 heterocycles. The number of carbonyl (C=O) groups is 1. The monoisotopic (exact) mass is 300 g/mol. The molecular formula is C14H12N4O2S. The summed E-state index contributed by atoms with van der Waals surface area (Å²) < 4.78 is 5.77. The number of nitrogen functional groups attached to an aromatic ring is 1. The molecule has 0 spiro atoms. The molecule has 0 unspecified atom stereocenters. The van der Waals surface area contributed by atoms with Crippen LogP contribution in [0.25, 0.3) is 10.9 Å². The van der Waals surface area contributed by atoms with Crippen LogP contribution in [0.2, 0.25) is 0 Å². The summed E-state index contributed by atoms with van der Waals surface area (Å²) in [6, 6.07) is 9.51. The Bertz CT molecular complexity index is 782. The van der Waals surface area contributed by atoms with Gasteiger partial charge in [0.1, 0.15) is 12.4 Å². The number of carbonyl (C=O) groups excluding carboxylic acids is 1. The number of thiazole rings is 1. The van der Waals surface area contributed by atoms with E-state index in [4.69, 9.17) is 10.6 Å². The Balaban J connectivity index is 1.77. The first-order valence-electron chi connectivity index (χ1n) is 6.20. The highest BCUT2D eigenvalue weighted by Gasteiger charge is 2.10. The fourth-order valence-corrected chi connectivity index (χ4v) is 2.60. The van der Waals surface area contributed by atoms with Crippen molar-refractivity contribution in [3.05, 3.63) is 52.6 Å². The lowest BCUT2D eigenvalue weighted by Gasteiger charge is -2.07. The molecule has 0 saturated carbocycles. The van der Waals surface area contributed by atoms with Gasteiger partial charge in [0, 0.05) is 17.0 Å². The van der Waals surface area contributed by atoms with Crippen LogP contribution in [0.15, 0.2) is 41.9 Å². The highest BCUT2D eigenvalue weighted by Crippen LogP contribution is 2.24. The fraction of sp³-hybridized carbons (Fsp3) is 0.0714. The van der Waals surface area contributed by atoms with Crippen molar-refractivity contribution in [3.8, 4) is 5.75 Å². The van der Waals surface area contributed by atoms with Crippen LogP contribution in [0.5, 0.6) is 5.75 Å². The van der Waals surface area contributed by atoms with Gasteiger partial charge in [-0.25, -0.2) is 10.8 Å². The Morgan fingerprint density at radius 1 is 1.33 bits per heavy atom. The normalized spacial score (nSPS) is 10.5. The van der Waals surface area contributed by atoms with Crippen LogP contribution in [0.3, 0.4) is 0 Å². The van der Waals surface area contributed by atoms with Crippen molar-refractivity contribution in [3.63, 3.8) is 0 Å².